The van der Waals surface area contributed by atoms with Crippen LogP contribution < -0.4 is 5.32 Å². The molecule has 0 radical (unpaired) electrons. The van der Waals surface area contributed by atoms with Crippen molar-refractivity contribution in [1.82, 2.24) is 20.4 Å². The highest BCUT2D eigenvalue weighted by Gasteiger charge is 2.33. The Kier molecular flexibility index (Phi) is 6.39. The van der Waals surface area contributed by atoms with Gasteiger partial charge in [0.2, 0.25) is 5.82 Å². The van der Waals surface area contributed by atoms with Crippen molar-refractivity contribution in [1.29, 1.82) is 0 Å². The molecule has 0 bridgehead atoms. The predicted octanol–water partition coefficient (Wildman–Crippen LogP) is 4.57. The van der Waals surface area contributed by atoms with Crippen LogP contribution in [0, 0.1) is 5.82 Å². The summed E-state index contributed by atoms with van der Waals surface area (Å²) in [5.74, 6) is 0.491. The van der Waals surface area contributed by atoms with Crippen molar-refractivity contribution in [3.63, 3.8) is 0 Å². The van der Waals surface area contributed by atoms with E-state index in [-0.39, 0.29) is 11.9 Å². The van der Waals surface area contributed by atoms with E-state index in [1.807, 2.05) is 42.2 Å². The molecule has 0 saturated carbocycles. The highest BCUT2D eigenvalue weighted by Crippen LogP contribution is 2.37. The van der Waals surface area contributed by atoms with E-state index in [0.717, 1.165) is 23.3 Å². The van der Waals surface area contributed by atoms with Gasteiger partial charge in [-0.25, -0.2) is 4.39 Å². The second-order valence-corrected chi connectivity index (χ2v) is 7.61. The number of thiocarbonyl (C=S) groups is 1. The standard InChI is InChI=1S/C23H23FN4O2S/c1-15-19(22-26-21(27-30-22)17-9-11-18(24)12-10-17)20(16-7-4-3-5-8-16)25-23(31)28(15)13-6-14-29-2/h3-5,7-12,20H,6,13-14H2,1-2H3,(H,25,31). The monoisotopic (exact) mass is 438 g/mol. The molecule has 1 N–H and O–H groups in total. The summed E-state index contributed by atoms with van der Waals surface area (Å²) in [6, 6.07) is 15.8. The molecule has 3 aromatic rings. The highest BCUT2D eigenvalue weighted by atomic mass is 32.1. The van der Waals surface area contributed by atoms with Crippen molar-refractivity contribution >= 4 is 22.9 Å². The molecule has 0 spiro atoms. The average molecular weight is 439 g/mol. The minimum absolute atomic E-state index is 0.228. The van der Waals surface area contributed by atoms with Gasteiger partial charge in [0.1, 0.15) is 5.82 Å². The molecule has 0 aliphatic carbocycles. The van der Waals surface area contributed by atoms with Gasteiger partial charge in [0.25, 0.3) is 5.89 Å². The zero-order valence-corrected chi connectivity index (χ0v) is 18.2. The number of rotatable bonds is 7. The lowest BCUT2D eigenvalue weighted by Gasteiger charge is -2.37. The number of ether oxygens (including phenoxy) is 1. The van der Waals surface area contributed by atoms with E-state index in [1.165, 1.54) is 12.1 Å². The lowest BCUT2D eigenvalue weighted by Crippen LogP contribution is -2.46. The van der Waals surface area contributed by atoms with Crippen LogP contribution in [0.3, 0.4) is 0 Å². The smallest absolute Gasteiger partial charge is 0.258 e. The van der Waals surface area contributed by atoms with E-state index >= 15 is 0 Å². The number of methoxy groups -OCH3 is 1. The topological polar surface area (TPSA) is 63.4 Å². The number of allylic oxidation sites excluding steroid dienone is 1. The summed E-state index contributed by atoms with van der Waals surface area (Å²) < 4.78 is 24.2. The molecule has 0 amide bonds. The summed E-state index contributed by atoms with van der Waals surface area (Å²) in [5, 5.41) is 8.20. The van der Waals surface area contributed by atoms with Gasteiger partial charge in [-0.2, -0.15) is 4.98 Å². The van der Waals surface area contributed by atoms with E-state index < -0.39 is 0 Å². The number of hydrogen-bond acceptors (Lipinski definition) is 5. The van der Waals surface area contributed by atoms with Gasteiger partial charge in [-0.15, -0.1) is 0 Å². The van der Waals surface area contributed by atoms with Gasteiger partial charge in [-0.1, -0.05) is 35.5 Å². The van der Waals surface area contributed by atoms with Crippen LogP contribution in [0.1, 0.15) is 30.8 Å². The normalized spacial score (nSPS) is 16.5. The first-order valence-corrected chi connectivity index (χ1v) is 10.4. The van der Waals surface area contributed by atoms with Crippen LogP contribution in [0.15, 0.2) is 64.8 Å². The molecule has 1 aliphatic heterocycles. The fraction of sp³-hybridized carbons (Fsp3) is 0.261. The van der Waals surface area contributed by atoms with Crippen LogP contribution in [-0.4, -0.2) is 40.4 Å². The van der Waals surface area contributed by atoms with Gasteiger partial charge in [-0.05, 0) is 55.4 Å². The number of aromatic nitrogens is 2. The Morgan fingerprint density at radius 2 is 1.90 bits per heavy atom. The van der Waals surface area contributed by atoms with Crippen molar-refractivity contribution in [3.8, 4) is 11.4 Å². The van der Waals surface area contributed by atoms with Crippen LogP contribution in [0.4, 0.5) is 4.39 Å². The Bertz CT molecular complexity index is 1080. The van der Waals surface area contributed by atoms with Crippen molar-refractivity contribution in [2.75, 3.05) is 20.3 Å². The molecule has 160 valence electrons. The lowest BCUT2D eigenvalue weighted by molar-refractivity contribution is 0.188. The summed E-state index contributed by atoms with van der Waals surface area (Å²) >= 11 is 5.67. The molecule has 1 atom stereocenters. The molecule has 4 rings (SSSR count). The van der Waals surface area contributed by atoms with E-state index in [9.17, 15) is 4.39 Å². The first kappa shape index (κ1) is 21.1. The molecule has 1 aromatic heterocycles. The number of benzene rings is 2. The quantitative estimate of drug-likeness (QED) is 0.428. The van der Waals surface area contributed by atoms with E-state index in [2.05, 4.69) is 15.5 Å². The molecule has 8 heteroatoms. The third kappa shape index (κ3) is 4.50. The molecule has 1 unspecified atom stereocenters. The minimum Gasteiger partial charge on any atom is -0.385 e. The summed E-state index contributed by atoms with van der Waals surface area (Å²) in [6.07, 6.45) is 0.823. The summed E-state index contributed by atoms with van der Waals surface area (Å²) in [4.78, 5) is 6.66. The molecule has 0 saturated heterocycles. The maximum absolute atomic E-state index is 13.3. The minimum atomic E-state index is -0.313. The van der Waals surface area contributed by atoms with E-state index in [0.29, 0.717) is 35.5 Å². The van der Waals surface area contributed by atoms with Gasteiger partial charge in [-0.3, -0.25) is 0 Å². The van der Waals surface area contributed by atoms with Crippen LogP contribution >= 0.6 is 12.2 Å². The van der Waals surface area contributed by atoms with Crippen LogP contribution in [0.25, 0.3) is 17.0 Å². The van der Waals surface area contributed by atoms with Crippen molar-refractivity contribution in [2.24, 2.45) is 0 Å². The lowest BCUT2D eigenvalue weighted by atomic mass is 9.95. The fourth-order valence-corrected chi connectivity index (χ4v) is 3.99. The Balaban J connectivity index is 1.75. The second kappa shape index (κ2) is 9.36. The molecular weight excluding hydrogens is 415 g/mol. The van der Waals surface area contributed by atoms with Crippen LogP contribution in [-0.2, 0) is 4.74 Å². The third-order valence-corrected chi connectivity index (χ3v) is 5.56. The number of halogens is 1. The Morgan fingerprint density at radius 1 is 1.16 bits per heavy atom. The fourth-order valence-electron chi connectivity index (χ4n) is 3.64. The predicted molar refractivity (Wildman–Crippen MR) is 120 cm³/mol. The van der Waals surface area contributed by atoms with Crippen LogP contribution in [0.5, 0.6) is 0 Å². The first-order valence-electron chi connectivity index (χ1n) is 10.0. The maximum atomic E-state index is 13.3. The first-order chi connectivity index (χ1) is 15.1. The Morgan fingerprint density at radius 3 is 2.61 bits per heavy atom. The van der Waals surface area contributed by atoms with Gasteiger partial charge in [0, 0.05) is 31.5 Å². The van der Waals surface area contributed by atoms with Crippen molar-refractivity contribution < 1.29 is 13.7 Å². The van der Waals surface area contributed by atoms with Gasteiger partial charge in [0.15, 0.2) is 5.11 Å². The molecule has 6 nitrogen and oxygen atoms in total. The Hall–Kier alpha value is -3.10. The number of nitrogens with one attached hydrogen (secondary N) is 1. The third-order valence-electron chi connectivity index (χ3n) is 5.22. The molecule has 2 aromatic carbocycles. The summed E-state index contributed by atoms with van der Waals surface area (Å²) in [7, 11) is 1.68. The highest BCUT2D eigenvalue weighted by molar-refractivity contribution is 7.80. The van der Waals surface area contributed by atoms with Crippen LogP contribution in [0.2, 0.25) is 0 Å². The number of nitrogens with zero attached hydrogens (tertiary/aromatic N) is 3. The SMILES string of the molecule is COCCCN1C(=S)NC(c2ccccc2)C(c2nc(-c3ccc(F)cc3)no2)=C1C. The van der Waals surface area contributed by atoms with Gasteiger partial charge < -0.3 is 19.5 Å². The molecule has 0 fully saturated rings. The summed E-state index contributed by atoms with van der Waals surface area (Å²) in [6.45, 7) is 3.35. The Labute approximate surface area is 185 Å². The van der Waals surface area contributed by atoms with Crippen molar-refractivity contribution in [3.05, 3.63) is 77.6 Å². The van der Waals surface area contributed by atoms with Gasteiger partial charge >= 0.3 is 0 Å². The molecule has 31 heavy (non-hydrogen) atoms. The zero-order chi connectivity index (χ0) is 21.8. The van der Waals surface area contributed by atoms with E-state index in [1.54, 1.807) is 19.2 Å². The largest absolute Gasteiger partial charge is 0.385 e. The van der Waals surface area contributed by atoms with Crippen molar-refractivity contribution in [2.45, 2.75) is 19.4 Å². The molecule has 2 heterocycles. The zero-order valence-electron chi connectivity index (χ0n) is 17.3. The molecule has 1 aliphatic rings. The van der Waals surface area contributed by atoms with Gasteiger partial charge in [0.05, 0.1) is 11.6 Å². The maximum Gasteiger partial charge on any atom is 0.258 e. The van der Waals surface area contributed by atoms with E-state index in [4.69, 9.17) is 21.5 Å². The summed E-state index contributed by atoms with van der Waals surface area (Å²) in [5.41, 5.74) is 3.53. The average Bonchev–Trinajstić information content (AvgIpc) is 3.26. The molecular formula is C23H23FN4O2S. The second-order valence-electron chi connectivity index (χ2n) is 7.22. The number of hydrogen-bond donors (Lipinski definition) is 1.